The minimum atomic E-state index is 0.419. The predicted molar refractivity (Wildman–Crippen MR) is 92.3 cm³/mol. The first kappa shape index (κ1) is 16.1. The monoisotopic (exact) mass is 286 g/mol. The Labute approximate surface area is 129 Å². The first-order valence-electron chi connectivity index (χ1n) is 8.41. The zero-order valence-electron chi connectivity index (χ0n) is 13.6. The van der Waals surface area contributed by atoms with Crippen molar-refractivity contribution < 1.29 is 0 Å². The number of anilines is 1. The Bertz CT molecular complexity index is 467. The van der Waals surface area contributed by atoms with E-state index in [1.807, 2.05) is 12.1 Å². The Balaban J connectivity index is 2.08. The van der Waals surface area contributed by atoms with Crippen LogP contribution in [0.4, 0.5) is 5.69 Å². The number of rotatable bonds is 7. The van der Waals surface area contributed by atoms with Crippen LogP contribution in [0.3, 0.4) is 0 Å². The molecule has 0 radical (unpaired) electrons. The summed E-state index contributed by atoms with van der Waals surface area (Å²) in [7, 11) is 0. The van der Waals surface area contributed by atoms with Crippen molar-refractivity contribution in [2.24, 2.45) is 5.92 Å². The number of nitrogens with two attached hydrogens (primary N) is 1. The smallest absolute Gasteiger partial charge is 0.0365 e. The average Bonchev–Trinajstić information content (AvgIpc) is 2.48. The van der Waals surface area contributed by atoms with Crippen molar-refractivity contribution in [3.63, 3.8) is 0 Å². The van der Waals surface area contributed by atoms with Crippen molar-refractivity contribution in [3.05, 3.63) is 42.0 Å². The van der Waals surface area contributed by atoms with Crippen LogP contribution in [0.2, 0.25) is 0 Å². The summed E-state index contributed by atoms with van der Waals surface area (Å²) in [5.74, 6) is 0.707. The maximum atomic E-state index is 6.24. The minimum Gasteiger partial charge on any atom is -0.398 e. The molecule has 2 rings (SSSR count). The van der Waals surface area contributed by atoms with Crippen LogP contribution in [0.5, 0.6) is 0 Å². The fourth-order valence-electron chi connectivity index (χ4n) is 3.68. The van der Waals surface area contributed by atoms with E-state index in [1.54, 1.807) is 0 Å². The number of hydrogen-bond acceptors (Lipinski definition) is 2. The number of benzene rings is 1. The predicted octanol–water partition coefficient (Wildman–Crippen LogP) is 4.62. The van der Waals surface area contributed by atoms with Gasteiger partial charge >= 0.3 is 0 Å². The van der Waals surface area contributed by atoms with Gasteiger partial charge in [0.05, 0.1) is 0 Å². The van der Waals surface area contributed by atoms with Gasteiger partial charge in [-0.2, -0.15) is 0 Å². The molecular formula is C19H30N2. The van der Waals surface area contributed by atoms with E-state index in [9.17, 15) is 0 Å². The Morgan fingerprint density at radius 2 is 2.29 bits per heavy atom. The number of nitrogens with one attached hydrogen (secondary N) is 1. The van der Waals surface area contributed by atoms with Crippen molar-refractivity contribution in [1.29, 1.82) is 0 Å². The molecule has 2 nitrogen and oxygen atoms in total. The molecular weight excluding hydrogens is 256 g/mol. The van der Waals surface area contributed by atoms with Gasteiger partial charge in [-0.3, -0.25) is 0 Å². The van der Waals surface area contributed by atoms with E-state index in [2.05, 4.69) is 37.9 Å². The van der Waals surface area contributed by atoms with Gasteiger partial charge in [0, 0.05) is 17.8 Å². The fourth-order valence-corrected chi connectivity index (χ4v) is 3.68. The molecule has 0 saturated heterocycles. The number of hydrogen-bond donors (Lipinski definition) is 2. The molecule has 3 N–H and O–H groups in total. The van der Waals surface area contributed by atoms with E-state index in [1.165, 1.54) is 43.2 Å². The largest absolute Gasteiger partial charge is 0.398 e. The highest BCUT2D eigenvalue weighted by Crippen LogP contribution is 2.34. The summed E-state index contributed by atoms with van der Waals surface area (Å²) in [4.78, 5) is 0. The van der Waals surface area contributed by atoms with Crippen LogP contribution in [-0.4, -0.2) is 6.04 Å². The minimum absolute atomic E-state index is 0.419. The second kappa shape index (κ2) is 7.65. The summed E-state index contributed by atoms with van der Waals surface area (Å²) in [5.41, 5.74) is 9.99. The molecule has 1 aromatic carbocycles. The second-order valence-electron chi connectivity index (χ2n) is 6.35. The average molecular weight is 286 g/mol. The topological polar surface area (TPSA) is 38.0 Å². The summed E-state index contributed by atoms with van der Waals surface area (Å²) in [6, 6.07) is 7.30. The first-order chi connectivity index (χ1) is 10.2. The van der Waals surface area contributed by atoms with Gasteiger partial charge in [-0.15, -0.1) is 6.58 Å². The van der Waals surface area contributed by atoms with Crippen LogP contribution in [0.25, 0.3) is 0 Å². The highest BCUT2D eigenvalue weighted by molar-refractivity contribution is 5.53. The number of allylic oxidation sites excluding steroid dienone is 1. The van der Waals surface area contributed by atoms with Crippen LogP contribution in [-0.2, 0) is 6.42 Å². The maximum absolute atomic E-state index is 6.24. The van der Waals surface area contributed by atoms with Gasteiger partial charge in [-0.05, 0) is 62.1 Å². The number of fused-ring (bicyclic) bond motifs is 1. The molecule has 3 atom stereocenters. The van der Waals surface area contributed by atoms with E-state index in [4.69, 9.17) is 5.73 Å². The van der Waals surface area contributed by atoms with Crippen molar-refractivity contribution in [3.8, 4) is 0 Å². The molecule has 2 heteroatoms. The lowest BCUT2D eigenvalue weighted by Gasteiger charge is -2.33. The fraction of sp³-hybridized carbons (Fsp3) is 0.579. The third kappa shape index (κ3) is 3.88. The van der Waals surface area contributed by atoms with Crippen LogP contribution in [0.1, 0.15) is 63.1 Å². The zero-order chi connectivity index (χ0) is 15.2. The molecule has 0 aromatic heterocycles. The normalized spacial score (nSPS) is 20.6. The summed E-state index contributed by atoms with van der Waals surface area (Å²) in [6.07, 6.45) is 9.19. The molecule has 3 unspecified atom stereocenters. The lowest BCUT2D eigenvalue weighted by Crippen LogP contribution is -2.38. The lowest BCUT2D eigenvalue weighted by molar-refractivity contribution is 0.302. The van der Waals surface area contributed by atoms with Crippen molar-refractivity contribution in [2.75, 3.05) is 5.73 Å². The standard InChI is InChI=1S/C19H30N2/c1-4-6-9-15(5-2)14(3)21-18-13-8-11-16-10-7-12-17(20)19(16)18/h4,7,10,12,14-15,18,21H,1,5-6,8-9,11,13,20H2,2-3H3. The molecule has 0 spiro atoms. The van der Waals surface area contributed by atoms with Crippen LogP contribution >= 0.6 is 0 Å². The quantitative estimate of drug-likeness (QED) is 0.567. The van der Waals surface area contributed by atoms with Crippen molar-refractivity contribution in [2.45, 2.75) is 64.5 Å². The molecule has 1 aliphatic carbocycles. The van der Waals surface area contributed by atoms with Crippen LogP contribution in [0.15, 0.2) is 30.9 Å². The zero-order valence-corrected chi connectivity index (χ0v) is 13.6. The molecule has 1 aliphatic rings. The van der Waals surface area contributed by atoms with Gasteiger partial charge in [0.2, 0.25) is 0 Å². The van der Waals surface area contributed by atoms with E-state index in [-0.39, 0.29) is 0 Å². The molecule has 0 saturated carbocycles. The molecule has 0 heterocycles. The lowest BCUT2D eigenvalue weighted by atomic mass is 9.84. The summed E-state index contributed by atoms with van der Waals surface area (Å²) < 4.78 is 0. The van der Waals surface area contributed by atoms with Gasteiger partial charge in [0.25, 0.3) is 0 Å². The second-order valence-corrected chi connectivity index (χ2v) is 6.35. The highest BCUT2D eigenvalue weighted by Gasteiger charge is 2.25. The van der Waals surface area contributed by atoms with Gasteiger partial charge in [0.1, 0.15) is 0 Å². The maximum Gasteiger partial charge on any atom is 0.0365 e. The summed E-state index contributed by atoms with van der Waals surface area (Å²) >= 11 is 0. The summed E-state index contributed by atoms with van der Waals surface area (Å²) in [6.45, 7) is 8.46. The Kier molecular flexibility index (Phi) is 5.86. The van der Waals surface area contributed by atoms with Gasteiger partial charge in [-0.25, -0.2) is 0 Å². The molecule has 0 fully saturated rings. The van der Waals surface area contributed by atoms with Gasteiger partial charge in [-0.1, -0.05) is 31.6 Å². The van der Waals surface area contributed by atoms with Crippen molar-refractivity contribution in [1.82, 2.24) is 5.32 Å². The Morgan fingerprint density at radius 1 is 1.48 bits per heavy atom. The van der Waals surface area contributed by atoms with Crippen molar-refractivity contribution >= 4 is 5.69 Å². The van der Waals surface area contributed by atoms with E-state index in [0.717, 1.165) is 12.1 Å². The third-order valence-corrected chi connectivity index (χ3v) is 4.95. The van der Waals surface area contributed by atoms with Gasteiger partial charge in [0.15, 0.2) is 0 Å². The van der Waals surface area contributed by atoms with Crippen LogP contribution in [0, 0.1) is 5.92 Å². The SMILES string of the molecule is C=CCCC(CC)C(C)NC1CCCc2cccc(N)c21. The number of nitrogen functional groups attached to an aromatic ring is 1. The molecule has 0 aliphatic heterocycles. The highest BCUT2D eigenvalue weighted by atomic mass is 15.0. The Hall–Kier alpha value is -1.28. The third-order valence-electron chi connectivity index (χ3n) is 4.95. The molecule has 1 aromatic rings. The van der Waals surface area contributed by atoms with Gasteiger partial charge < -0.3 is 11.1 Å². The Morgan fingerprint density at radius 3 is 3.00 bits per heavy atom. The van der Waals surface area contributed by atoms with E-state index in [0.29, 0.717) is 18.0 Å². The molecule has 21 heavy (non-hydrogen) atoms. The van der Waals surface area contributed by atoms with Crippen LogP contribution < -0.4 is 11.1 Å². The molecule has 0 bridgehead atoms. The number of aryl methyl sites for hydroxylation is 1. The molecule has 116 valence electrons. The van der Waals surface area contributed by atoms with E-state index >= 15 is 0 Å². The first-order valence-corrected chi connectivity index (χ1v) is 8.41. The van der Waals surface area contributed by atoms with E-state index < -0.39 is 0 Å². The molecule has 0 amide bonds. The summed E-state index contributed by atoms with van der Waals surface area (Å²) in [5, 5.41) is 3.86.